The van der Waals surface area contributed by atoms with Gasteiger partial charge in [0, 0.05) is 66.7 Å². The standard InChI is InChI=1S/C73H135N3O22/c1-39-22-19-20-25-55(82)46(8)54(81)24-17-15-18-26-62(87)98-71(42(4)23-16-13-14-21-31-76-73(74)75)50(12)59(86)37-53(80)36-58(85)48(10)66(91)47(9)56(83)34-51(78)29-27-40(2)63(88)41(3)28-30-52(79)35-57(84)49(11)67(92)60(33-45(7)65(90)44(6)32-43(5)64(39)89)96-72-70(95)69(94)68(93)61(38-77)97-72/h19,22,28,30,32-33,39-42,44,46-61,63-72,77-86,88-95H,13-18,20-21,23-27,29,31,34-38H2,1-12H3,(H4,74,75,76)/b22-19+,30-28+,43-32+,45-33+/t39-,40-,41-,42-,44-,46-,47-,48-,49-,50+,51+,52-,53+,54-,55+,56+,57+,58-,59+,60-,61+,63+,64+,65-,66-,67+,68-,69-,70+,71-,72-/m1/s1. The quantitative estimate of drug-likeness (QED) is 0.0465. The fourth-order valence-corrected chi connectivity index (χ4v) is 13.3. The lowest BCUT2D eigenvalue weighted by Crippen LogP contribution is -2.60. The molecule has 574 valence electrons. The van der Waals surface area contributed by atoms with Crippen LogP contribution in [0.25, 0.3) is 0 Å². The van der Waals surface area contributed by atoms with E-state index in [1.165, 1.54) is 19.1 Å². The number of guanidine groups is 1. The number of nitrogens with two attached hydrogens (primary N) is 2. The predicted molar refractivity (Wildman–Crippen MR) is 374 cm³/mol. The molecule has 31 atom stereocenters. The monoisotopic (exact) mass is 1410 g/mol. The van der Waals surface area contributed by atoms with Gasteiger partial charge in [-0.1, -0.05) is 138 Å². The molecule has 2 aliphatic heterocycles. The smallest absolute Gasteiger partial charge is 0.306 e. The molecule has 2 heterocycles. The largest absolute Gasteiger partial charge is 0.462 e. The van der Waals surface area contributed by atoms with Crippen molar-refractivity contribution < 1.29 is 111 Å². The highest BCUT2D eigenvalue weighted by Gasteiger charge is 2.46. The first-order valence-electron chi connectivity index (χ1n) is 36.3. The molecular weight excluding hydrogens is 1270 g/mol. The van der Waals surface area contributed by atoms with Crippen LogP contribution < -0.4 is 11.5 Å². The van der Waals surface area contributed by atoms with Crippen LogP contribution in [0.5, 0.6) is 0 Å². The summed E-state index contributed by atoms with van der Waals surface area (Å²) in [6, 6.07) is 0. The van der Waals surface area contributed by atoms with Gasteiger partial charge < -0.3 is 118 Å². The zero-order chi connectivity index (χ0) is 74.4. The Labute approximate surface area is 584 Å². The lowest BCUT2D eigenvalue weighted by Gasteiger charge is -2.41. The highest BCUT2D eigenvalue weighted by molar-refractivity contribution is 5.75. The van der Waals surface area contributed by atoms with Crippen LogP contribution in [0.4, 0.5) is 0 Å². The third-order valence-electron chi connectivity index (χ3n) is 21.0. The second kappa shape index (κ2) is 46.6. The minimum atomic E-state index is -1.87. The summed E-state index contributed by atoms with van der Waals surface area (Å²) in [5.41, 5.74) is 11.7. The molecule has 0 aromatic carbocycles. The highest BCUT2D eigenvalue weighted by atomic mass is 16.7. The van der Waals surface area contributed by atoms with Crippen LogP contribution in [0, 0.1) is 59.2 Å². The summed E-state index contributed by atoms with van der Waals surface area (Å²) in [6.45, 7) is 20.1. The molecule has 0 saturated carbocycles. The van der Waals surface area contributed by atoms with Crippen molar-refractivity contribution >= 4 is 11.9 Å². The Morgan fingerprint density at radius 1 is 0.541 bits per heavy atom. The molecule has 0 unspecified atom stereocenters. The van der Waals surface area contributed by atoms with Gasteiger partial charge in [-0.25, -0.2) is 0 Å². The Morgan fingerprint density at radius 2 is 1.09 bits per heavy atom. The average molecular weight is 1410 g/mol. The minimum Gasteiger partial charge on any atom is -0.462 e. The van der Waals surface area contributed by atoms with Crippen molar-refractivity contribution in [2.45, 2.75) is 327 Å². The highest BCUT2D eigenvalue weighted by Crippen LogP contribution is 2.33. The van der Waals surface area contributed by atoms with Gasteiger partial charge in [0.2, 0.25) is 0 Å². The number of rotatable bonds is 11. The van der Waals surface area contributed by atoms with Crippen molar-refractivity contribution in [3.63, 3.8) is 0 Å². The number of aliphatic hydroxyl groups excluding tert-OH is 18. The van der Waals surface area contributed by atoms with Crippen molar-refractivity contribution in [1.82, 2.24) is 0 Å². The number of hydrogen-bond donors (Lipinski definition) is 20. The average Bonchev–Trinajstić information content (AvgIpc) is 0.808. The first-order valence-corrected chi connectivity index (χ1v) is 36.3. The van der Waals surface area contributed by atoms with Gasteiger partial charge in [-0.2, -0.15) is 0 Å². The number of esters is 1. The molecule has 25 nitrogen and oxygen atoms in total. The first kappa shape index (κ1) is 91.0. The molecular formula is C73H135N3O22. The van der Waals surface area contributed by atoms with Crippen molar-refractivity contribution in [3.8, 4) is 0 Å². The maximum atomic E-state index is 13.5. The molecule has 98 heavy (non-hydrogen) atoms. The molecule has 2 rings (SSSR count). The van der Waals surface area contributed by atoms with Crippen LogP contribution in [0.1, 0.15) is 199 Å². The van der Waals surface area contributed by atoms with Crippen LogP contribution in [0.15, 0.2) is 52.6 Å². The van der Waals surface area contributed by atoms with Crippen LogP contribution >= 0.6 is 0 Å². The third kappa shape index (κ3) is 31.5. The van der Waals surface area contributed by atoms with Gasteiger partial charge in [0.1, 0.15) is 36.6 Å². The van der Waals surface area contributed by atoms with E-state index in [1.807, 2.05) is 26.0 Å². The Hall–Kier alpha value is -3.10. The Morgan fingerprint density at radius 3 is 1.70 bits per heavy atom. The summed E-state index contributed by atoms with van der Waals surface area (Å²) in [4.78, 5) is 17.6. The summed E-state index contributed by atoms with van der Waals surface area (Å²) in [5.74, 6) is -6.47. The molecule has 0 spiro atoms. The van der Waals surface area contributed by atoms with Crippen molar-refractivity contribution in [1.29, 1.82) is 0 Å². The van der Waals surface area contributed by atoms with Gasteiger partial charge in [-0.05, 0) is 107 Å². The van der Waals surface area contributed by atoms with Crippen LogP contribution in [-0.4, -0.2) is 245 Å². The molecule has 2 aliphatic rings. The number of ether oxygens (including phenoxy) is 3. The summed E-state index contributed by atoms with van der Waals surface area (Å²) >= 11 is 0. The van der Waals surface area contributed by atoms with E-state index in [-0.39, 0.29) is 56.0 Å². The predicted octanol–water partition coefficient (Wildman–Crippen LogP) is 2.81. The molecule has 0 amide bonds. The molecule has 1 fully saturated rings. The molecule has 0 radical (unpaired) electrons. The molecule has 0 bridgehead atoms. The number of nitrogens with zero attached hydrogens (tertiary/aromatic N) is 1. The Balaban J connectivity index is 2.44. The fraction of sp³-hybridized carbons (Fsp3) is 0.863. The van der Waals surface area contributed by atoms with Gasteiger partial charge >= 0.3 is 5.97 Å². The number of aliphatic imine (C=N–C) groups is 1. The summed E-state index contributed by atoms with van der Waals surface area (Å²) in [7, 11) is 0. The van der Waals surface area contributed by atoms with Gasteiger partial charge in [0.15, 0.2) is 12.2 Å². The van der Waals surface area contributed by atoms with E-state index in [4.69, 9.17) is 25.7 Å². The second-order valence-electron chi connectivity index (χ2n) is 29.6. The number of aliphatic hydroxyl groups is 18. The summed E-state index contributed by atoms with van der Waals surface area (Å²) in [6.07, 6.45) is -11.0. The molecule has 0 aliphatic carbocycles. The van der Waals surface area contributed by atoms with Crippen LogP contribution in [0.3, 0.4) is 0 Å². The van der Waals surface area contributed by atoms with E-state index < -0.39 is 194 Å². The molecule has 22 N–H and O–H groups in total. The molecule has 25 heteroatoms. The number of carbonyl (C=O) groups is 1. The summed E-state index contributed by atoms with van der Waals surface area (Å²) in [5, 5.41) is 201. The van der Waals surface area contributed by atoms with Gasteiger partial charge in [-0.3, -0.25) is 9.79 Å². The van der Waals surface area contributed by atoms with E-state index in [0.29, 0.717) is 63.5 Å². The Bertz CT molecular complexity index is 2330. The number of carbonyl (C=O) groups excluding carboxylic acids is 1. The lowest BCUT2D eigenvalue weighted by atomic mass is 9.81. The number of unbranched alkanes of at least 4 members (excludes halogenated alkanes) is 3. The molecule has 0 aromatic rings. The molecule has 0 aromatic heterocycles. The van der Waals surface area contributed by atoms with E-state index in [0.717, 1.165) is 25.7 Å². The van der Waals surface area contributed by atoms with Gasteiger partial charge in [0.05, 0.1) is 92.1 Å². The zero-order valence-corrected chi connectivity index (χ0v) is 60.8. The van der Waals surface area contributed by atoms with Gasteiger partial charge in [-0.15, -0.1) is 0 Å². The summed E-state index contributed by atoms with van der Waals surface area (Å²) < 4.78 is 17.8. The zero-order valence-electron chi connectivity index (χ0n) is 60.8. The topological polar surface area (TPSA) is 473 Å². The van der Waals surface area contributed by atoms with E-state index >= 15 is 0 Å². The SMILES string of the molecule is C/C1=C\[C@@H](C)[C@@H](O)/C(C)=C/[C@@H](O[C@@H]2O[C@@H](CO)[C@@H](O)[C@@H](O)[C@@H]2O)[C@@H](O)[C@H](C)[C@@H](O)C[C@H](O)/C=C/[C@@H](C)[C@@H](O)[C@H](C)CC[C@H](O)C[C@H](O)[C@@H](C)[C@@H](O)[C@H](C)[C@H](O)C[C@H](O)C[C@H](O)[C@H](C)[C@@H]([C@H](C)CCCCCCN=C(N)N)OC(=O)CCCCC[C@@H](O)[C@@H](C)[C@@H](O)CC/C=C/[C@@H](C)[C@@H]1O. The second-order valence-corrected chi connectivity index (χ2v) is 29.6. The number of allylic oxidation sites excluding steroid dienone is 1. The maximum absolute atomic E-state index is 13.5. The van der Waals surface area contributed by atoms with Crippen LogP contribution in [0.2, 0.25) is 0 Å². The minimum absolute atomic E-state index is 0.0338. The van der Waals surface area contributed by atoms with E-state index in [2.05, 4.69) is 4.99 Å². The van der Waals surface area contributed by atoms with E-state index in [9.17, 15) is 96.7 Å². The Kier molecular flexibility index (Phi) is 43.2. The van der Waals surface area contributed by atoms with Crippen molar-refractivity contribution in [2.24, 2.45) is 75.6 Å². The molecule has 1 saturated heterocycles. The third-order valence-corrected chi connectivity index (χ3v) is 21.0. The van der Waals surface area contributed by atoms with E-state index in [1.54, 1.807) is 74.5 Å². The fourth-order valence-electron chi connectivity index (χ4n) is 13.3. The number of cyclic esters (lactones) is 1. The van der Waals surface area contributed by atoms with Gasteiger partial charge in [0.25, 0.3) is 0 Å². The number of hydrogen-bond acceptors (Lipinski definition) is 23. The first-order chi connectivity index (χ1) is 45.9. The maximum Gasteiger partial charge on any atom is 0.306 e. The van der Waals surface area contributed by atoms with Crippen molar-refractivity contribution in [3.05, 3.63) is 47.6 Å². The lowest BCUT2D eigenvalue weighted by molar-refractivity contribution is -0.314. The van der Waals surface area contributed by atoms with Crippen LogP contribution in [-0.2, 0) is 19.0 Å². The normalized spacial score (nSPS) is 43.2. The van der Waals surface area contributed by atoms with Crippen molar-refractivity contribution in [2.75, 3.05) is 13.2 Å².